The molecule has 0 aromatic heterocycles. The smallest absolute Gasteiger partial charge is 0.321 e. The lowest BCUT2D eigenvalue weighted by molar-refractivity contribution is -0.141. The van der Waals surface area contributed by atoms with Crippen LogP contribution in [0.1, 0.15) is 17.0 Å². The van der Waals surface area contributed by atoms with Crippen LogP contribution in [0.3, 0.4) is 0 Å². The fourth-order valence-electron chi connectivity index (χ4n) is 4.87. The van der Waals surface area contributed by atoms with E-state index in [-0.39, 0.29) is 11.4 Å². The Hall–Kier alpha value is -2.35. The van der Waals surface area contributed by atoms with Crippen molar-refractivity contribution in [2.24, 2.45) is 11.3 Å². The van der Waals surface area contributed by atoms with Gasteiger partial charge in [0.25, 0.3) is 0 Å². The van der Waals surface area contributed by atoms with Gasteiger partial charge < -0.3 is 4.74 Å². The lowest BCUT2D eigenvalue weighted by Crippen LogP contribution is -2.37. The van der Waals surface area contributed by atoms with E-state index in [1.807, 2.05) is 24.3 Å². The monoisotopic (exact) mass is 288 g/mol. The Morgan fingerprint density at radius 2 is 1.64 bits per heavy atom. The number of cyclic esters (lactones) is 1. The molecule has 2 nitrogen and oxygen atoms in total. The second kappa shape index (κ2) is 3.89. The molecule has 2 aromatic carbocycles. The molecule has 3 aliphatic rings. The predicted molar refractivity (Wildman–Crippen MR) is 83.3 cm³/mol. The van der Waals surface area contributed by atoms with Gasteiger partial charge in [-0.1, -0.05) is 72.8 Å². The number of carbonyl (C=O) groups is 1. The average Bonchev–Trinajstić information content (AvgIpc) is 2.94. The molecule has 2 heteroatoms. The summed E-state index contributed by atoms with van der Waals surface area (Å²) in [6.45, 7) is 0.526. The van der Waals surface area contributed by atoms with E-state index in [1.165, 1.54) is 5.56 Å². The van der Waals surface area contributed by atoms with Crippen molar-refractivity contribution in [3.8, 4) is 0 Å². The second-order valence-corrected chi connectivity index (χ2v) is 6.56. The molecular weight excluding hydrogens is 272 g/mol. The maximum absolute atomic E-state index is 12.7. The third-order valence-electron chi connectivity index (χ3n) is 5.84. The van der Waals surface area contributed by atoms with Gasteiger partial charge >= 0.3 is 5.97 Å². The van der Waals surface area contributed by atoms with E-state index in [0.29, 0.717) is 18.4 Å². The SMILES string of the molecule is O=C1OCC23C(C=C[C@]12c1ccccc1)[C@H]3c1ccccc1. The largest absolute Gasteiger partial charge is 0.464 e. The highest BCUT2D eigenvalue weighted by atomic mass is 16.5. The van der Waals surface area contributed by atoms with E-state index in [4.69, 9.17) is 4.74 Å². The zero-order valence-electron chi connectivity index (χ0n) is 12.1. The highest BCUT2D eigenvalue weighted by molar-refractivity contribution is 5.92. The van der Waals surface area contributed by atoms with Gasteiger partial charge in [0.2, 0.25) is 0 Å². The molecule has 5 rings (SSSR count). The molecule has 0 bridgehead atoms. The van der Waals surface area contributed by atoms with Crippen LogP contribution < -0.4 is 0 Å². The van der Waals surface area contributed by atoms with Gasteiger partial charge in [0.1, 0.15) is 5.41 Å². The predicted octanol–water partition coefficient (Wildman–Crippen LogP) is 3.45. The summed E-state index contributed by atoms with van der Waals surface area (Å²) in [7, 11) is 0. The number of ether oxygens (including phenoxy) is 1. The molecule has 0 amide bonds. The van der Waals surface area contributed by atoms with Crippen molar-refractivity contribution in [1.29, 1.82) is 0 Å². The van der Waals surface area contributed by atoms with Crippen LogP contribution in [0.4, 0.5) is 0 Å². The number of esters is 1. The number of carbonyl (C=O) groups excluding carboxylic acids is 1. The van der Waals surface area contributed by atoms with Gasteiger partial charge in [-0.15, -0.1) is 0 Å². The van der Waals surface area contributed by atoms with Gasteiger partial charge in [-0.25, -0.2) is 0 Å². The van der Waals surface area contributed by atoms with Crippen molar-refractivity contribution in [1.82, 2.24) is 0 Å². The lowest BCUT2D eigenvalue weighted by Gasteiger charge is -2.28. The first-order valence-corrected chi connectivity index (χ1v) is 7.78. The molecule has 22 heavy (non-hydrogen) atoms. The summed E-state index contributed by atoms with van der Waals surface area (Å²) in [5, 5.41) is 0. The van der Waals surface area contributed by atoms with Crippen molar-refractivity contribution >= 4 is 5.97 Å². The molecular formula is C20H16O2. The maximum Gasteiger partial charge on any atom is 0.321 e. The fraction of sp³-hybridized carbons (Fsp3) is 0.250. The van der Waals surface area contributed by atoms with Crippen LogP contribution in [0.5, 0.6) is 0 Å². The van der Waals surface area contributed by atoms with Gasteiger partial charge in [-0.05, 0) is 17.0 Å². The summed E-state index contributed by atoms with van der Waals surface area (Å²) < 4.78 is 5.58. The van der Waals surface area contributed by atoms with Gasteiger partial charge in [-0.2, -0.15) is 0 Å². The molecule has 2 aliphatic carbocycles. The summed E-state index contributed by atoms with van der Waals surface area (Å²) in [6, 6.07) is 20.6. The van der Waals surface area contributed by atoms with E-state index in [0.717, 1.165) is 5.56 Å². The van der Waals surface area contributed by atoms with Crippen molar-refractivity contribution in [2.75, 3.05) is 6.61 Å². The van der Waals surface area contributed by atoms with Gasteiger partial charge in [0, 0.05) is 11.3 Å². The van der Waals surface area contributed by atoms with E-state index < -0.39 is 5.41 Å². The highest BCUT2D eigenvalue weighted by Gasteiger charge is 2.82. The number of hydrogen-bond acceptors (Lipinski definition) is 2. The number of hydrogen-bond donors (Lipinski definition) is 0. The van der Waals surface area contributed by atoms with E-state index >= 15 is 0 Å². The summed E-state index contributed by atoms with van der Waals surface area (Å²) in [6.07, 6.45) is 4.34. The Bertz CT molecular complexity index is 780. The minimum Gasteiger partial charge on any atom is -0.464 e. The molecule has 1 heterocycles. The van der Waals surface area contributed by atoms with Crippen LogP contribution >= 0.6 is 0 Å². The van der Waals surface area contributed by atoms with Crippen molar-refractivity contribution in [3.63, 3.8) is 0 Å². The zero-order valence-corrected chi connectivity index (χ0v) is 12.1. The quantitative estimate of drug-likeness (QED) is 0.625. The van der Waals surface area contributed by atoms with Gasteiger partial charge in [-0.3, -0.25) is 4.79 Å². The average molecular weight is 288 g/mol. The Labute approximate surface area is 129 Å². The second-order valence-electron chi connectivity index (χ2n) is 6.56. The molecule has 0 radical (unpaired) electrons. The normalized spacial score (nSPS) is 37.5. The first-order chi connectivity index (χ1) is 10.8. The molecule has 2 unspecified atom stereocenters. The Morgan fingerprint density at radius 1 is 0.955 bits per heavy atom. The molecule has 1 saturated heterocycles. The lowest BCUT2D eigenvalue weighted by atomic mass is 9.69. The summed E-state index contributed by atoms with van der Waals surface area (Å²) in [5.41, 5.74) is 1.66. The van der Waals surface area contributed by atoms with Crippen LogP contribution in [-0.2, 0) is 14.9 Å². The molecule has 2 aromatic rings. The Kier molecular flexibility index (Phi) is 2.16. The number of rotatable bonds is 2. The van der Waals surface area contributed by atoms with Crippen LogP contribution in [-0.4, -0.2) is 12.6 Å². The van der Waals surface area contributed by atoms with Crippen molar-refractivity contribution < 1.29 is 9.53 Å². The van der Waals surface area contributed by atoms with Gasteiger partial charge in [0.05, 0.1) is 6.61 Å². The van der Waals surface area contributed by atoms with Crippen LogP contribution in [0.25, 0.3) is 0 Å². The summed E-state index contributed by atoms with van der Waals surface area (Å²) in [4.78, 5) is 12.7. The van der Waals surface area contributed by atoms with Crippen LogP contribution in [0, 0.1) is 11.3 Å². The van der Waals surface area contributed by atoms with E-state index in [9.17, 15) is 4.79 Å². The molecule has 2 fully saturated rings. The van der Waals surface area contributed by atoms with Crippen LogP contribution in [0.15, 0.2) is 72.8 Å². The molecule has 0 N–H and O–H groups in total. The Balaban J connectivity index is 1.69. The first-order valence-electron chi connectivity index (χ1n) is 7.78. The third-order valence-corrected chi connectivity index (χ3v) is 5.84. The van der Waals surface area contributed by atoms with Crippen molar-refractivity contribution in [2.45, 2.75) is 11.3 Å². The molecule has 108 valence electrons. The summed E-state index contributed by atoms with van der Waals surface area (Å²) in [5.74, 6) is 0.697. The van der Waals surface area contributed by atoms with E-state index in [1.54, 1.807) is 0 Å². The third kappa shape index (κ3) is 1.17. The van der Waals surface area contributed by atoms with E-state index in [2.05, 4.69) is 48.6 Å². The van der Waals surface area contributed by atoms with Crippen LogP contribution in [0.2, 0.25) is 0 Å². The number of benzene rings is 2. The zero-order chi connectivity index (χ0) is 14.8. The molecule has 4 atom stereocenters. The molecule has 1 saturated carbocycles. The minimum absolute atomic E-state index is 0.0871. The van der Waals surface area contributed by atoms with Gasteiger partial charge in [0.15, 0.2) is 0 Å². The number of allylic oxidation sites excluding steroid dienone is 1. The Morgan fingerprint density at radius 3 is 2.36 bits per heavy atom. The minimum atomic E-state index is -0.598. The summed E-state index contributed by atoms with van der Waals surface area (Å²) >= 11 is 0. The molecule has 1 spiro atoms. The van der Waals surface area contributed by atoms with Crippen molar-refractivity contribution in [3.05, 3.63) is 83.9 Å². The molecule has 1 aliphatic heterocycles. The maximum atomic E-state index is 12.7. The standard InChI is InChI=1S/C20H16O2/c21-18-19(15-9-5-2-6-10-15)12-11-16-17(20(16,19)13-22-18)14-7-3-1-4-8-14/h1-12,16-17H,13H2/t16?,17-,19+,20?/m1/s1. The fourth-order valence-corrected chi connectivity index (χ4v) is 4.87. The first kappa shape index (κ1) is 12.2. The topological polar surface area (TPSA) is 26.3 Å². The highest BCUT2D eigenvalue weighted by Crippen LogP contribution is 2.79.